The van der Waals surface area contributed by atoms with Gasteiger partial charge >= 0.3 is 303 Å². The summed E-state index contributed by atoms with van der Waals surface area (Å²) in [5.41, 5.74) is 0. The summed E-state index contributed by atoms with van der Waals surface area (Å²) in [6, 6.07) is 0. The molecule has 0 aliphatic heterocycles. The number of phosphoric acid groups is 3. The van der Waals surface area contributed by atoms with Gasteiger partial charge in [-0.2, -0.15) is 0 Å². The summed E-state index contributed by atoms with van der Waals surface area (Å²) in [6.45, 7) is 0. The van der Waals surface area contributed by atoms with E-state index in [2.05, 4.69) is 0 Å². The Labute approximate surface area is 421 Å². The molecule has 17 N–H and O–H groups in total. The molecule has 0 radical (unpaired) electrons. The molecule has 0 aromatic carbocycles. The Bertz CT molecular complexity index is 478. The molecule has 0 spiro atoms. The van der Waals surface area contributed by atoms with Crippen molar-refractivity contribution in [2.75, 3.05) is 0 Å². The first kappa shape index (κ1) is 90.0. The smallest absolute Gasteiger partial charge is 1.00 e. The molecule has 0 atom stereocenters. The van der Waals surface area contributed by atoms with Crippen molar-refractivity contribution in [3.05, 3.63) is 0 Å². The Morgan fingerprint density at radius 3 is 0.429 bits per heavy atom. The average Bonchev–Trinajstić information content (AvgIpc) is 2.01. The van der Waals surface area contributed by atoms with Crippen molar-refractivity contribution in [3.63, 3.8) is 0 Å². The van der Waals surface area contributed by atoms with Gasteiger partial charge in [-0.1, -0.05) is 0 Å². The van der Waals surface area contributed by atoms with Gasteiger partial charge in [0, 0.05) is 0 Å². The number of hydrogen-bond donors (Lipinski definition) is 15. The van der Waals surface area contributed by atoms with E-state index in [4.69, 9.17) is 103 Å². The van der Waals surface area contributed by atoms with E-state index >= 15 is 0 Å². The van der Waals surface area contributed by atoms with Gasteiger partial charge in [0.15, 0.2) is 0 Å². The van der Waals surface area contributed by atoms with Gasteiger partial charge in [0.2, 0.25) is 0 Å². The standard InChI is InChI=1S/3CH2O3.Ba.5Ca.Mg.3H3O4P.H2O.14H/c3*2-1(3)4;;;;;;;;3*1-5(2,3)4;;;;;;;;;;;;;;;/h3*(H2,2,3,4);;;;;;;;3*(H3,1,2,3,4);1H2;;;;;;;;;;;;;;/q;;;7*+2;;;;;14*-1. The Balaban J connectivity index is -0.00000000382. The van der Waals surface area contributed by atoms with E-state index in [9.17, 15) is 0 Å². The minimum atomic E-state index is -4.64. The topological polar surface area (TPSA) is 437 Å². The van der Waals surface area contributed by atoms with E-state index in [0.717, 1.165) is 0 Å². The van der Waals surface area contributed by atoms with Crippen molar-refractivity contribution in [1.29, 1.82) is 0 Å². The third-order valence-electron chi connectivity index (χ3n) is 0. The number of rotatable bonds is 0. The van der Waals surface area contributed by atoms with E-state index in [1.807, 2.05) is 0 Å². The van der Waals surface area contributed by atoms with Crippen LogP contribution in [0.1, 0.15) is 20.0 Å². The van der Waals surface area contributed by atoms with Crippen molar-refractivity contribution in [2.45, 2.75) is 0 Å². The monoisotopic (exact) mass is 874 g/mol. The van der Waals surface area contributed by atoms with Crippen LogP contribution >= 0.6 is 23.5 Å². The molecular formula is C3H31BaCa5MgO22P3. The molecule has 32 heteroatoms. The van der Waals surface area contributed by atoms with Gasteiger partial charge in [0.05, 0.1) is 0 Å². The normalized spacial score (nSPS) is 7.11. The molecular weight excluding hydrogens is 843 g/mol. The summed E-state index contributed by atoms with van der Waals surface area (Å²) in [6.07, 6.45) is -5.50. The van der Waals surface area contributed by atoms with Gasteiger partial charge in [0.1, 0.15) is 0 Å². The molecule has 0 aromatic rings. The van der Waals surface area contributed by atoms with E-state index < -0.39 is 41.9 Å². The van der Waals surface area contributed by atoms with E-state index in [-0.39, 0.29) is 286 Å². The van der Waals surface area contributed by atoms with Crippen LogP contribution in [0.2, 0.25) is 0 Å². The molecule has 0 bridgehead atoms. The van der Waals surface area contributed by atoms with Crippen LogP contribution in [0, 0.1) is 0 Å². The molecule has 0 aliphatic carbocycles. The second-order valence-electron chi connectivity index (χ2n) is 2.39. The van der Waals surface area contributed by atoms with E-state index in [0.29, 0.717) is 0 Å². The molecule has 0 aliphatic rings. The number of hydrogen-bond acceptors (Lipinski definition) is 6. The number of carbonyl (C=O) groups is 3. The van der Waals surface area contributed by atoms with Gasteiger partial charge in [0.25, 0.3) is 0 Å². The molecule has 0 rings (SSSR count). The van der Waals surface area contributed by atoms with Crippen LogP contribution in [0.25, 0.3) is 0 Å². The maximum absolute atomic E-state index is 8.88. The molecule has 22 nitrogen and oxygen atoms in total. The van der Waals surface area contributed by atoms with Crippen LogP contribution in [0.4, 0.5) is 14.4 Å². The maximum atomic E-state index is 8.88. The summed E-state index contributed by atoms with van der Waals surface area (Å²) >= 11 is 0. The van der Waals surface area contributed by atoms with Gasteiger partial charge in [-0.15, -0.1) is 0 Å². The molecule has 0 aromatic heterocycles. The van der Waals surface area contributed by atoms with Gasteiger partial charge in [-0.25, -0.2) is 28.1 Å². The Hall–Kier alpha value is 6.74. The first-order valence-electron chi connectivity index (χ1n) is 4.30. The van der Waals surface area contributed by atoms with Gasteiger partial charge < -0.3 is 100 Å². The van der Waals surface area contributed by atoms with Crippen molar-refractivity contribution >= 4 is 303 Å². The zero-order valence-electron chi connectivity index (χ0n) is 31.4. The van der Waals surface area contributed by atoms with Crippen molar-refractivity contribution in [3.8, 4) is 0 Å². The Kier molecular flexibility index (Phi) is 145. The van der Waals surface area contributed by atoms with Crippen molar-refractivity contribution in [1.82, 2.24) is 0 Å². The predicted octanol–water partition coefficient (Wildman–Crippen LogP) is -4.03. The van der Waals surface area contributed by atoms with Gasteiger partial charge in [-0.05, 0) is 0 Å². The predicted molar refractivity (Wildman–Crippen MR) is 134 cm³/mol. The Morgan fingerprint density at radius 1 is 0.429 bits per heavy atom. The quantitative estimate of drug-likeness (QED) is 0.0814. The van der Waals surface area contributed by atoms with Gasteiger partial charge in [-0.3, -0.25) is 0 Å². The Morgan fingerprint density at radius 2 is 0.429 bits per heavy atom. The zero-order chi connectivity index (χ0) is 24.2. The van der Waals surface area contributed by atoms with Crippen LogP contribution in [-0.4, -0.2) is 359 Å². The van der Waals surface area contributed by atoms with E-state index in [1.54, 1.807) is 0 Å². The second-order valence-corrected chi connectivity index (χ2v) is 5.47. The third kappa shape index (κ3) is 1350. The molecule has 35 heavy (non-hydrogen) atoms. The van der Waals surface area contributed by atoms with Crippen LogP contribution in [0.3, 0.4) is 0 Å². The first-order chi connectivity index (χ1) is 11.2. The van der Waals surface area contributed by atoms with Crippen molar-refractivity contribution < 1.29 is 128 Å². The summed E-state index contributed by atoms with van der Waals surface area (Å²) in [5.74, 6) is 0. The third-order valence-corrected chi connectivity index (χ3v) is 0. The SMILES string of the molecule is O.O=C(O)O.O=C(O)O.O=C(O)O.O=P(O)(O)O.O=P(O)(O)O.O=P(O)(O)O.[Ba+2].[Ca+2].[Ca+2].[Ca+2].[Ca+2].[Ca+2].[H-].[H-].[H-].[H-].[H-].[H-].[H-].[H-].[H-].[H-].[H-].[H-].[H-].[H-].[Mg+2]. The zero-order valence-corrected chi connectivity index (χ0v) is 37.0. The van der Waals surface area contributed by atoms with Crippen LogP contribution < -0.4 is 0 Å². The van der Waals surface area contributed by atoms with Crippen LogP contribution in [0.15, 0.2) is 0 Å². The molecule has 0 amide bonds. The van der Waals surface area contributed by atoms with Crippen LogP contribution in [0.5, 0.6) is 0 Å². The largest absolute Gasteiger partial charge is 2.00 e. The minimum Gasteiger partial charge on any atom is -1.00 e. The molecule has 0 unspecified atom stereocenters. The summed E-state index contributed by atoms with van der Waals surface area (Å²) in [7, 11) is -13.9. The summed E-state index contributed by atoms with van der Waals surface area (Å²) in [4.78, 5) is 90.4. The van der Waals surface area contributed by atoms with E-state index in [1.165, 1.54) is 0 Å². The number of carboxylic acid groups (broad SMARTS) is 6. The molecule has 0 fully saturated rings. The fourth-order valence-corrected chi connectivity index (χ4v) is 0. The maximum Gasteiger partial charge on any atom is 2.00 e. The second kappa shape index (κ2) is 56.5. The first-order valence-corrected chi connectivity index (χ1v) is 9.00. The fraction of sp³-hybridized carbons (Fsp3) is 0. The van der Waals surface area contributed by atoms with Crippen molar-refractivity contribution in [2.24, 2.45) is 0 Å². The molecule has 0 heterocycles. The minimum absolute atomic E-state index is 0. The fourth-order valence-electron chi connectivity index (χ4n) is 0. The summed E-state index contributed by atoms with van der Waals surface area (Å²) < 4.78 is 26.6. The summed E-state index contributed by atoms with van der Waals surface area (Å²) in [5, 5.41) is 41.8. The van der Waals surface area contributed by atoms with Crippen LogP contribution in [-0.2, 0) is 13.7 Å². The average molecular weight is 874 g/mol. The molecule has 204 valence electrons. The molecule has 0 saturated carbocycles. The molecule has 0 saturated heterocycles.